The van der Waals surface area contributed by atoms with Crippen molar-refractivity contribution in [1.82, 2.24) is 5.32 Å². The number of carbonyl (C=O) groups excluding carboxylic acids is 1. The number of nitrogens with one attached hydrogen (secondary N) is 1. The molecule has 58 valence electrons. The maximum Gasteiger partial charge on any atom is 0.220 e. The molecular weight excluding hydrogens is 173 g/mol. The highest BCUT2D eigenvalue weighted by molar-refractivity contribution is 6.55. The lowest BCUT2D eigenvalue weighted by Crippen LogP contribution is -2.12. The lowest BCUT2D eigenvalue weighted by Gasteiger charge is -1.80. The van der Waals surface area contributed by atoms with E-state index in [1.165, 1.54) is 0 Å². The molecule has 0 aliphatic carbocycles. The normalized spacial score (nSPS) is 15.2. The van der Waals surface area contributed by atoms with Crippen LogP contribution in [0.15, 0.2) is 11.1 Å². The average molecular weight is 182 g/mol. The molecule has 0 radical (unpaired) electrons. The predicted molar refractivity (Wildman–Crippen MR) is 43.1 cm³/mol. The van der Waals surface area contributed by atoms with Gasteiger partial charge in [-0.3, -0.25) is 4.79 Å². The molecular formula is C6H9Cl2NO. The van der Waals surface area contributed by atoms with E-state index in [0.29, 0.717) is 0 Å². The van der Waals surface area contributed by atoms with Gasteiger partial charge in [-0.1, -0.05) is 29.8 Å². The molecule has 0 spiro atoms. The molecule has 0 aromatic heterocycles. The Kier molecular flexibility index (Phi) is 5.45. The summed E-state index contributed by atoms with van der Waals surface area (Å²) in [6.45, 7) is 3.97. The van der Waals surface area contributed by atoms with E-state index in [1.54, 1.807) is 0 Å². The zero-order chi connectivity index (χ0) is 7.98. The molecule has 1 fully saturated rings. The van der Waals surface area contributed by atoms with Gasteiger partial charge in [-0.2, -0.15) is 0 Å². The summed E-state index contributed by atoms with van der Waals surface area (Å²) < 4.78 is 0.111. The molecule has 0 atom stereocenters. The molecule has 1 saturated heterocycles. The molecule has 0 unspecified atom stereocenters. The summed E-state index contributed by atoms with van der Waals surface area (Å²) in [6.07, 6.45) is 1.76. The van der Waals surface area contributed by atoms with Crippen molar-refractivity contribution in [1.29, 1.82) is 0 Å². The minimum Gasteiger partial charge on any atom is -0.356 e. The van der Waals surface area contributed by atoms with Crippen LogP contribution in [0, 0.1) is 0 Å². The van der Waals surface area contributed by atoms with Crippen molar-refractivity contribution in [2.24, 2.45) is 0 Å². The fourth-order valence-electron chi connectivity index (χ4n) is 0.565. The Hall–Kier alpha value is -0.210. The molecule has 1 aliphatic heterocycles. The summed E-state index contributed by atoms with van der Waals surface area (Å²) in [5.41, 5.74) is 0. The molecule has 0 bridgehead atoms. The summed E-state index contributed by atoms with van der Waals surface area (Å²) in [6, 6.07) is 0. The lowest BCUT2D eigenvalue weighted by molar-refractivity contribution is -0.119. The highest BCUT2D eigenvalue weighted by Gasteiger charge is 2.05. The van der Waals surface area contributed by atoms with Gasteiger partial charge in [-0.25, -0.2) is 0 Å². The van der Waals surface area contributed by atoms with Crippen LogP contribution in [0.5, 0.6) is 0 Å². The van der Waals surface area contributed by atoms with Crippen LogP contribution in [0.2, 0.25) is 0 Å². The van der Waals surface area contributed by atoms with E-state index in [2.05, 4.69) is 11.9 Å². The molecule has 1 N–H and O–H groups in total. The van der Waals surface area contributed by atoms with E-state index in [-0.39, 0.29) is 10.4 Å². The molecule has 0 saturated carbocycles. The molecule has 2 nitrogen and oxygen atoms in total. The standard InChI is InChI=1S/C4H7NO.C2H2Cl2/c6-4-2-1-3-5-4;1-2(3)4/h1-3H2,(H,5,6);1H2. The van der Waals surface area contributed by atoms with Crippen LogP contribution in [0.1, 0.15) is 12.8 Å². The third-order valence-electron chi connectivity index (χ3n) is 0.903. The second-order valence-corrected chi connectivity index (χ2v) is 2.90. The Morgan fingerprint density at radius 1 is 1.60 bits per heavy atom. The Morgan fingerprint density at radius 2 is 2.10 bits per heavy atom. The second kappa shape index (κ2) is 5.57. The fraction of sp³-hybridized carbons (Fsp3) is 0.500. The van der Waals surface area contributed by atoms with E-state index < -0.39 is 0 Å². The van der Waals surface area contributed by atoms with Crippen LogP contribution >= 0.6 is 23.2 Å². The van der Waals surface area contributed by atoms with Gasteiger partial charge in [-0.15, -0.1) is 0 Å². The van der Waals surface area contributed by atoms with Gasteiger partial charge in [0.05, 0.1) is 4.49 Å². The molecule has 0 aromatic carbocycles. The largest absolute Gasteiger partial charge is 0.356 e. The van der Waals surface area contributed by atoms with Crippen LogP contribution in [-0.4, -0.2) is 12.5 Å². The smallest absolute Gasteiger partial charge is 0.220 e. The van der Waals surface area contributed by atoms with Crippen molar-refractivity contribution in [3.05, 3.63) is 11.1 Å². The van der Waals surface area contributed by atoms with E-state index in [1.807, 2.05) is 0 Å². The average Bonchev–Trinajstić information content (AvgIpc) is 2.15. The van der Waals surface area contributed by atoms with Crippen LogP contribution in [-0.2, 0) is 4.79 Å². The number of amides is 1. The minimum atomic E-state index is 0.111. The highest BCUT2D eigenvalue weighted by Crippen LogP contribution is 1.98. The molecule has 10 heavy (non-hydrogen) atoms. The fourth-order valence-corrected chi connectivity index (χ4v) is 0.565. The summed E-state index contributed by atoms with van der Waals surface area (Å²) in [5.74, 6) is 0.204. The SMILES string of the molecule is C=C(Cl)Cl.O=C1CCCN1. The maximum atomic E-state index is 10.1. The van der Waals surface area contributed by atoms with Gasteiger partial charge in [-0.05, 0) is 6.42 Å². The van der Waals surface area contributed by atoms with Crippen molar-refractivity contribution >= 4 is 29.1 Å². The first-order chi connectivity index (χ1) is 4.63. The third kappa shape index (κ3) is 7.79. The van der Waals surface area contributed by atoms with Crippen LogP contribution in [0.3, 0.4) is 0 Å². The minimum absolute atomic E-state index is 0.111. The number of hydrogen-bond donors (Lipinski definition) is 1. The number of halogens is 2. The maximum absolute atomic E-state index is 10.1. The summed E-state index contributed by atoms with van der Waals surface area (Å²) >= 11 is 9.69. The number of hydrogen-bond acceptors (Lipinski definition) is 1. The van der Waals surface area contributed by atoms with Gasteiger partial charge in [0.1, 0.15) is 0 Å². The molecule has 1 aliphatic rings. The Morgan fingerprint density at radius 3 is 2.20 bits per heavy atom. The third-order valence-corrected chi connectivity index (χ3v) is 0.903. The van der Waals surface area contributed by atoms with E-state index >= 15 is 0 Å². The van der Waals surface area contributed by atoms with Crippen molar-refractivity contribution < 1.29 is 4.79 Å². The van der Waals surface area contributed by atoms with Crippen LogP contribution < -0.4 is 5.32 Å². The van der Waals surface area contributed by atoms with Gasteiger partial charge in [0.25, 0.3) is 0 Å². The van der Waals surface area contributed by atoms with Gasteiger partial charge in [0, 0.05) is 13.0 Å². The quantitative estimate of drug-likeness (QED) is 0.608. The Balaban J connectivity index is 0.000000180. The van der Waals surface area contributed by atoms with Crippen molar-refractivity contribution in [2.75, 3.05) is 6.54 Å². The number of rotatable bonds is 0. The van der Waals surface area contributed by atoms with Crippen molar-refractivity contribution in [3.63, 3.8) is 0 Å². The summed E-state index contributed by atoms with van der Waals surface area (Å²) in [7, 11) is 0. The van der Waals surface area contributed by atoms with Crippen LogP contribution in [0.4, 0.5) is 0 Å². The van der Waals surface area contributed by atoms with Crippen LogP contribution in [0.25, 0.3) is 0 Å². The first-order valence-electron chi connectivity index (χ1n) is 2.89. The molecule has 1 heterocycles. The Labute approximate surface area is 70.2 Å². The Bertz CT molecular complexity index is 124. The van der Waals surface area contributed by atoms with Crippen molar-refractivity contribution in [3.8, 4) is 0 Å². The van der Waals surface area contributed by atoms with Gasteiger partial charge < -0.3 is 5.32 Å². The van der Waals surface area contributed by atoms with Gasteiger partial charge in [0.15, 0.2) is 0 Å². The molecule has 4 heteroatoms. The van der Waals surface area contributed by atoms with E-state index in [0.717, 1.165) is 19.4 Å². The molecule has 0 aromatic rings. The zero-order valence-electron chi connectivity index (χ0n) is 5.49. The lowest BCUT2D eigenvalue weighted by atomic mass is 10.4. The first kappa shape index (κ1) is 9.79. The van der Waals surface area contributed by atoms with E-state index in [4.69, 9.17) is 23.2 Å². The summed E-state index contributed by atoms with van der Waals surface area (Å²) in [4.78, 5) is 10.1. The van der Waals surface area contributed by atoms with Gasteiger partial charge in [0.2, 0.25) is 5.91 Å². The topological polar surface area (TPSA) is 29.1 Å². The molecule has 1 rings (SSSR count). The van der Waals surface area contributed by atoms with Crippen molar-refractivity contribution in [2.45, 2.75) is 12.8 Å². The van der Waals surface area contributed by atoms with E-state index in [9.17, 15) is 4.79 Å². The first-order valence-corrected chi connectivity index (χ1v) is 3.65. The second-order valence-electron chi connectivity index (χ2n) is 1.79. The monoisotopic (exact) mass is 181 g/mol. The summed E-state index contributed by atoms with van der Waals surface area (Å²) in [5, 5.41) is 2.68. The number of carbonyl (C=O) groups is 1. The predicted octanol–water partition coefficient (Wildman–Crippen LogP) is 1.83. The van der Waals surface area contributed by atoms with Gasteiger partial charge >= 0.3 is 0 Å². The highest BCUT2D eigenvalue weighted by atomic mass is 35.5. The molecule has 1 amide bonds. The zero-order valence-corrected chi connectivity index (χ0v) is 7.00.